The second-order valence-corrected chi connectivity index (χ2v) is 6.22. The highest BCUT2D eigenvalue weighted by molar-refractivity contribution is 5.84. The van der Waals surface area contributed by atoms with Gasteiger partial charge in [-0.1, -0.05) is 18.1 Å². The molecule has 0 unspecified atom stereocenters. The fraction of sp³-hybridized carbons (Fsp3) is 0.0455. The first kappa shape index (κ1) is 18.1. The number of fused-ring (bicyclic) bond motifs is 1. The van der Waals surface area contributed by atoms with Crippen LogP contribution in [0.25, 0.3) is 16.7 Å². The Morgan fingerprint density at radius 3 is 2.66 bits per heavy atom. The van der Waals surface area contributed by atoms with E-state index in [1.54, 1.807) is 37.6 Å². The van der Waals surface area contributed by atoms with Gasteiger partial charge in [0.1, 0.15) is 5.75 Å². The standard InChI is InChI=1S/C22H17N5O2/c1-3-14-12-20(28)27(16-10-8-15(23)9-11-16)21-17(14)13-24-22(26-21)25-18-6-4-5-7-19(18)29-2/h1,4-13H,23H2,2H3,(H,24,25,26). The Morgan fingerprint density at radius 2 is 1.93 bits per heavy atom. The number of nitrogens with two attached hydrogens (primary N) is 1. The second kappa shape index (κ2) is 7.37. The van der Waals surface area contributed by atoms with E-state index in [4.69, 9.17) is 16.9 Å². The lowest BCUT2D eigenvalue weighted by molar-refractivity contribution is 0.417. The minimum atomic E-state index is -0.294. The van der Waals surface area contributed by atoms with Crippen molar-refractivity contribution in [3.63, 3.8) is 0 Å². The van der Waals surface area contributed by atoms with Crippen LogP contribution in [0.2, 0.25) is 0 Å². The molecule has 0 fully saturated rings. The molecule has 0 amide bonds. The van der Waals surface area contributed by atoms with Crippen LogP contribution in [0.5, 0.6) is 5.75 Å². The van der Waals surface area contributed by atoms with E-state index in [9.17, 15) is 4.79 Å². The number of nitrogens with one attached hydrogen (secondary N) is 1. The van der Waals surface area contributed by atoms with E-state index in [0.29, 0.717) is 45.4 Å². The molecule has 142 valence electrons. The van der Waals surface area contributed by atoms with E-state index >= 15 is 0 Å². The van der Waals surface area contributed by atoms with Gasteiger partial charge in [0.05, 0.1) is 23.9 Å². The SMILES string of the molecule is C#Cc1cc(=O)n(-c2ccc(N)cc2)c2nc(Nc3ccccc3OC)ncc12. The lowest BCUT2D eigenvalue weighted by Crippen LogP contribution is -2.20. The zero-order valence-corrected chi connectivity index (χ0v) is 15.6. The molecule has 2 aromatic heterocycles. The van der Waals surface area contributed by atoms with Gasteiger partial charge in [0.25, 0.3) is 5.56 Å². The molecule has 0 radical (unpaired) electrons. The Morgan fingerprint density at radius 1 is 1.17 bits per heavy atom. The van der Waals surface area contributed by atoms with Crippen LogP contribution in [0.3, 0.4) is 0 Å². The number of pyridine rings is 1. The lowest BCUT2D eigenvalue weighted by Gasteiger charge is -2.13. The molecule has 3 N–H and O–H groups in total. The van der Waals surface area contributed by atoms with Crippen molar-refractivity contribution < 1.29 is 4.74 Å². The summed E-state index contributed by atoms with van der Waals surface area (Å²) in [7, 11) is 1.58. The Balaban J connectivity index is 1.92. The summed E-state index contributed by atoms with van der Waals surface area (Å²) in [4.78, 5) is 21.7. The van der Waals surface area contributed by atoms with E-state index in [1.165, 1.54) is 10.6 Å². The number of ether oxygens (including phenoxy) is 1. The number of para-hydroxylation sites is 2. The number of anilines is 3. The summed E-state index contributed by atoms with van der Waals surface area (Å²) in [6.45, 7) is 0. The van der Waals surface area contributed by atoms with Crippen molar-refractivity contribution in [1.82, 2.24) is 14.5 Å². The summed E-state index contributed by atoms with van der Waals surface area (Å²) in [5.74, 6) is 3.48. The first-order chi connectivity index (χ1) is 14.1. The van der Waals surface area contributed by atoms with Crippen molar-refractivity contribution in [3.05, 3.63) is 76.7 Å². The third-order valence-electron chi connectivity index (χ3n) is 4.42. The molecule has 0 aliphatic carbocycles. The molecule has 29 heavy (non-hydrogen) atoms. The summed E-state index contributed by atoms with van der Waals surface area (Å²) < 4.78 is 6.83. The topological polar surface area (TPSA) is 95.1 Å². The van der Waals surface area contributed by atoms with Crippen molar-refractivity contribution in [1.29, 1.82) is 0 Å². The third-order valence-corrected chi connectivity index (χ3v) is 4.42. The predicted octanol–water partition coefficient (Wildman–Crippen LogP) is 3.10. The summed E-state index contributed by atoms with van der Waals surface area (Å²) in [5.41, 5.74) is 8.22. The van der Waals surface area contributed by atoms with Crippen molar-refractivity contribution in [2.24, 2.45) is 0 Å². The molecule has 2 aromatic carbocycles. The Bertz CT molecular complexity index is 1300. The maximum absolute atomic E-state index is 12.8. The number of aromatic nitrogens is 3. The first-order valence-electron chi connectivity index (χ1n) is 8.76. The van der Waals surface area contributed by atoms with Gasteiger partial charge in [-0.05, 0) is 36.4 Å². The van der Waals surface area contributed by atoms with E-state index in [1.807, 2.05) is 24.3 Å². The maximum atomic E-state index is 12.8. The summed E-state index contributed by atoms with van der Waals surface area (Å²) in [5, 5.41) is 3.72. The Hall–Kier alpha value is -4.31. The molecule has 2 heterocycles. The molecule has 7 nitrogen and oxygen atoms in total. The van der Waals surface area contributed by atoms with Gasteiger partial charge in [-0.3, -0.25) is 9.36 Å². The van der Waals surface area contributed by atoms with Gasteiger partial charge in [0.2, 0.25) is 5.95 Å². The first-order valence-corrected chi connectivity index (χ1v) is 8.76. The van der Waals surface area contributed by atoms with Gasteiger partial charge in [0.15, 0.2) is 5.65 Å². The van der Waals surface area contributed by atoms with Gasteiger partial charge in [-0.25, -0.2) is 4.98 Å². The molecule has 0 atom stereocenters. The van der Waals surface area contributed by atoms with Gasteiger partial charge in [-0.2, -0.15) is 4.98 Å². The molecule has 0 saturated carbocycles. The van der Waals surface area contributed by atoms with Crippen molar-refractivity contribution in [2.45, 2.75) is 0 Å². The smallest absolute Gasteiger partial charge is 0.258 e. The van der Waals surface area contributed by atoms with Crippen LogP contribution in [-0.2, 0) is 0 Å². The summed E-state index contributed by atoms with van der Waals surface area (Å²) >= 11 is 0. The zero-order chi connectivity index (χ0) is 20.4. The minimum Gasteiger partial charge on any atom is -0.495 e. The molecular formula is C22H17N5O2. The molecule has 4 aromatic rings. The number of rotatable bonds is 4. The van der Waals surface area contributed by atoms with Gasteiger partial charge >= 0.3 is 0 Å². The molecule has 0 bridgehead atoms. The van der Waals surface area contributed by atoms with Crippen LogP contribution in [0.4, 0.5) is 17.3 Å². The van der Waals surface area contributed by atoms with E-state index < -0.39 is 0 Å². The maximum Gasteiger partial charge on any atom is 0.258 e. The number of nitrogen functional groups attached to an aromatic ring is 1. The van der Waals surface area contributed by atoms with E-state index in [2.05, 4.69) is 21.2 Å². The third kappa shape index (κ3) is 3.35. The Labute approximate surface area is 166 Å². The van der Waals surface area contributed by atoms with Gasteiger partial charge < -0.3 is 15.8 Å². The van der Waals surface area contributed by atoms with Gasteiger partial charge in [-0.15, -0.1) is 6.42 Å². The largest absolute Gasteiger partial charge is 0.495 e. The van der Waals surface area contributed by atoms with Crippen molar-refractivity contribution in [2.75, 3.05) is 18.2 Å². The normalized spacial score (nSPS) is 10.5. The number of hydrogen-bond donors (Lipinski definition) is 2. The van der Waals surface area contributed by atoms with Crippen LogP contribution in [0.15, 0.2) is 65.6 Å². The number of benzene rings is 2. The van der Waals surface area contributed by atoms with Crippen LogP contribution in [0.1, 0.15) is 5.56 Å². The minimum absolute atomic E-state index is 0.294. The summed E-state index contributed by atoms with van der Waals surface area (Å²) in [6, 6.07) is 15.7. The highest BCUT2D eigenvalue weighted by Gasteiger charge is 2.13. The molecule has 0 aliphatic heterocycles. The average molecular weight is 383 g/mol. The molecule has 0 spiro atoms. The molecular weight excluding hydrogens is 366 g/mol. The average Bonchev–Trinajstić information content (AvgIpc) is 2.74. The van der Waals surface area contributed by atoms with Crippen LogP contribution in [-0.4, -0.2) is 21.6 Å². The van der Waals surface area contributed by atoms with Crippen LogP contribution < -0.4 is 21.3 Å². The fourth-order valence-corrected chi connectivity index (χ4v) is 3.02. The van der Waals surface area contributed by atoms with Crippen molar-refractivity contribution >= 4 is 28.4 Å². The quantitative estimate of drug-likeness (QED) is 0.415. The van der Waals surface area contributed by atoms with E-state index in [-0.39, 0.29) is 5.56 Å². The highest BCUT2D eigenvalue weighted by atomic mass is 16.5. The monoisotopic (exact) mass is 383 g/mol. The molecule has 7 heteroatoms. The van der Waals surface area contributed by atoms with E-state index in [0.717, 1.165) is 0 Å². The number of hydrogen-bond acceptors (Lipinski definition) is 6. The molecule has 4 rings (SSSR count). The van der Waals surface area contributed by atoms with Crippen molar-refractivity contribution in [3.8, 4) is 23.8 Å². The van der Waals surface area contributed by atoms with Crippen LogP contribution >= 0.6 is 0 Å². The van der Waals surface area contributed by atoms with Crippen LogP contribution in [0, 0.1) is 12.3 Å². The number of terminal acetylenes is 1. The molecule has 0 aliphatic rings. The lowest BCUT2D eigenvalue weighted by atomic mass is 10.2. The van der Waals surface area contributed by atoms with Gasteiger partial charge in [0, 0.05) is 23.5 Å². The second-order valence-electron chi connectivity index (χ2n) is 6.22. The number of methoxy groups -OCH3 is 1. The zero-order valence-electron chi connectivity index (χ0n) is 15.6. The number of nitrogens with zero attached hydrogens (tertiary/aromatic N) is 3. The fourth-order valence-electron chi connectivity index (χ4n) is 3.02. The highest BCUT2D eigenvalue weighted by Crippen LogP contribution is 2.26. The Kier molecular flexibility index (Phi) is 4.59. The summed E-state index contributed by atoms with van der Waals surface area (Å²) in [6.07, 6.45) is 7.19. The predicted molar refractivity (Wildman–Crippen MR) is 114 cm³/mol. The molecule has 0 saturated heterocycles.